The molecule has 1 atom stereocenters. The van der Waals surface area contributed by atoms with Gasteiger partial charge in [-0.3, -0.25) is 0 Å². The maximum Gasteiger partial charge on any atom is 0.414 e. The van der Waals surface area contributed by atoms with Crippen LogP contribution in [0.3, 0.4) is 0 Å². The van der Waals surface area contributed by atoms with Gasteiger partial charge in [-0.2, -0.15) is 0 Å². The summed E-state index contributed by atoms with van der Waals surface area (Å²) in [6.45, 7) is 1.84. The lowest BCUT2D eigenvalue weighted by Crippen LogP contribution is -2.33. The van der Waals surface area contributed by atoms with Crippen molar-refractivity contribution < 1.29 is 39.1 Å². The lowest BCUT2D eigenvalue weighted by atomic mass is 10.3. The van der Waals surface area contributed by atoms with Gasteiger partial charge >= 0.3 is 11.9 Å². The number of hydrogen-bond donors (Lipinski definition) is 4. The number of para-hydroxylation sites is 3. The van der Waals surface area contributed by atoms with Crippen LogP contribution in [-0.4, -0.2) is 66.8 Å². The minimum atomic E-state index is -1.82. The third-order valence-corrected chi connectivity index (χ3v) is 3.35. The number of nitrogens with one attached hydrogen (secondary N) is 1. The van der Waals surface area contributed by atoms with E-state index in [2.05, 4.69) is 5.32 Å². The zero-order chi connectivity index (χ0) is 21.5. The number of benzene rings is 2. The number of carboxylic acids is 2. The average molecular weight is 407 g/mol. The second-order valence-electron chi connectivity index (χ2n) is 5.59. The quantitative estimate of drug-likeness (QED) is 0.339. The van der Waals surface area contributed by atoms with Crippen LogP contribution in [0.1, 0.15) is 0 Å². The molecule has 158 valence electrons. The molecule has 0 bridgehead atoms. The summed E-state index contributed by atoms with van der Waals surface area (Å²) < 4.78 is 16.3. The van der Waals surface area contributed by atoms with Crippen molar-refractivity contribution >= 4 is 11.9 Å². The van der Waals surface area contributed by atoms with E-state index in [1.807, 2.05) is 54.6 Å². The molecule has 0 aromatic heterocycles. The van der Waals surface area contributed by atoms with Crippen molar-refractivity contribution in [3.8, 4) is 17.2 Å². The van der Waals surface area contributed by atoms with E-state index in [-0.39, 0.29) is 6.61 Å². The van der Waals surface area contributed by atoms with Gasteiger partial charge in [0, 0.05) is 13.1 Å². The lowest BCUT2D eigenvalue weighted by Gasteiger charge is -2.15. The number of rotatable bonds is 10. The molecular weight excluding hydrogens is 382 g/mol. The smallest absolute Gasteiger partial charge is 0.414 e. The average Bonchev–Trinajstić information content (AvgIpc) is 2.73. The van der Waals surface area contributed by atoms with Crippen molar-refractivity contribution in [2.75, 3.05) is 33.4 Å². The molecule has 2 aromatic carbocycles. The van der Waals surface area contributed by atoms with Crippen LogP contribution in [0.4, 0.5) is 0 Å². The summed E-state index contributed by atoms with van der Waals surface area (Å²) in [7, 11) is 1.59. The van der Waals surface area contributed by atoms with Gasteiger partial charge in [-0.25, -0.2) is 9.59 Å². The number of aliphatic hydroxyl groups excluding tert-OH is 1. The molecule has 0 radical (unpaired) electrons. The van der Waals surface area contributed by atoms with Gasteiger partial charge in [0.15, 0.2) is 11.5 Å². The molecule has 9 nitrogen and oxygen atoms in total. The van der Waals surface area contributed by atoms with Gasteiger partial charge in [0.2, 0.25) is 0 Å². The molecule has 1 unspecified atom stereocenters. The first kappa shape index (κ1) is 23.7. The van der Waals surface area contributed by atoms with Gasteiger partial charge in [-0.1, -0.05) is 30.3 Å². The molecule has 0 amide bonds. The highest BCUT2D eigenvalue weighted by atomic mass is 16.5. The van der Waals surface area contributed by atoms with Crippen LogP contribution in [0.5, 0.6) is 17.2 Å². The van der Waals surface area contributed by atoms with E-state index in [1.54, 1.807) is 7.11 Å². The van der Waals surface area contributed by atoms with Crippen LogP contribution in [0, 0.1) is 0 Å². The summed E-state index contributed by atoms with van der Waals surface area (Å²) in [5.74, 6) is -1.52. The Labute approximate surface area is 168 Å². The third-order valence-electron chi connectivity index (χ3n) is 3.35. The van der Waals surface area contributed by atoms with Gasteiger partial charge in [-0.15, -0.1) is 0 Å². The number of carbonyl (C=O) groups is 2. The Bertz CT molecular complexity index is 726. The van der Waals surface area contributed by atoms with Crippen molar-refractivity contribution in [2.24, 2.45) is 0 Å². The summed E-state index contributed by atoms with van der Waals surface area (Å²) in [5, 5.41) is 27.8. The second-order valence-corrected chi connectivity index (χ2v) is 5.59. The van der Waals surface area contributed by atoms with Crippen molar-refractivity contribution in [3.63, 3.8) is 0 Å². The zero-order valence-electron chi connectivity index (χ0n) is 16.0. The number of hydrogen-bond acceptors (Lipinski definition) is 7. The Morgan fingerprint density at radius 1 is 0.931 bits per heavy atom. The highest BCUT2D eigenvalue weighted by Gasteiger charge is 2.08. The van der Waals surface area contributed by atoms with E-state index in [0.717, 1.165) is 5.75 Å². The van der Waals surface area contributed by atoms with Crippen molar-refractivity contribution in [1.29, 1.82) is 0 Å². The SMILES string of the molecule is COc1ccccc1OCC(O)CNCCOc1ccccc1.O=C(O)C(=O)O. The zero-order valence-corrected chi connectivity index (χ0v) is 16.0. The van der Waals surface area contributed by atoms with E-state index in [1.165, 1.54) is 0 Å². The summed E-state index contributed by atoms with van der Waals surface area (Å²) in [4.78, 5) is 18.2. The first-order valence-electron chi connectivity index (χ1n) is 8.72. The Hall–Kier alpha value is -3.30. The minimum Gasteiger partial charge on any atom is -0.493 e. The fourth-order valence-corrected chi connectivity index (χ4v) is 2.01. The van der Waals surface area contributed by atoms with Gasteiger partial charge < -0.3 is 34.8 Å². The van der Waals surface area contributed by atoms with E-state index >= 15 is 0 Å². The first-order valence-corrected chi connectivity index (χ1v) is 8.72. The first-order chi connectivity index (χ1) is 13.9. The van der Waals surface area contributed by atoms with Crippen LogP contribution < -0.4 is 19.5 Å². The Morgan fingerprint density at radius 3 is 2.10 bits per heavy atom. The van der Waals surface area contributed by atoms with Crippen molar-refractivity contribution in [1.82, 2.24) is 5.32 Å². The fourth-order valence-electron chi connectivity index (χ4n) is 2.01. The molecule has 29 heavy (non-hydrogen) atoms. The molecule has 0 spiro atoms. The molecule has 9 heteroatoms. The number of ether oxygens (including phenoxy) is 3. The van der Waals surface area contributed by atoms with Crippen molar-refractivity contribution in [3.05, 3.63) is 54.6 Å². The normalized spacial score (nSPS) is 10.8. The molecule has 4 N–H and O–H groups in total. The summed E-state index contributed by atoms with van der Waals surface area (Å²) in [6.07, 6.45) is -0.600. The Morgan fingerprint density at radius 2 is 1.52 bits per heavy atom. The summed E-state index contributed by atoms with van der Waals surface area (Å²) in [5.41, 5.74) is 0. The predicted molar refractivity (Wildman–Crippen MR) is 105 cm³/mol. The molecule has 0 fully saturated rings. The van der Waals surface area contributed by atoms with Gasteiger partial charge in [0.1, 0.15) is 25.1 Å². The molecule has 2 rings (SSSR count). The van der Waals surface area contributed by atoms with Crippen molar-refractivity contribution in [2.45, 2.75) is 6.10 Å². The third kappa shape index (κ3) is 10.6. The molecule has 0 saturated carbocycles. The monoisotopic (exact) mass is 407 g/mol. The van der Waals surface area contributed by atoms with Crippen LogP contribution in [-0.2, 0) is 9.59 Å². The molecule has 0 aliphatic heterocycles. The highest BCUT2D eigenvalue weighted by Crippen LogP contribution is 2.25. The molecule has 0 saturated heterocycles. The number of aliphatic hydroxyl groups is 1. The van der Waals surface area contributed by atoms with E-state index in [0.29, 0.717) is 31.2 Å². The van der Waals surface area contributed by atoms with Gasteiger partial charge in [0.05, 0.1) is 7.11 Å². The Kier molecular flexibility index (Phi) is 11.3. The van der Waals surface area contributed by atoms with E-state index in [4.69, 9.17) is 34.0 Å². The molecule has 0 aliphatic rings. The second kappa shape index (κ2) is 13.8. The Balaban J connectivity index is 0.000000612. The predicted octanol–water partition coefficient (Wildman–Crippen LogP) is 1.26. The molecule has 2 aromatic rings. The van der Waals surface area contributed by atoms with Crippen LogP contribution in [0.25, 0.3) is 0 Å². The van der Waals surface area contributed by atoms with E-state index in [9.17, 15) is 5.11 Å². The maximum atomic E-state index is 9.92. The molecule has 0 aliphatic carbocycles. The topological polar surface area (TPSA) is 135 Å². The lowest BCUT2D eigenvalue weighted by molar-refractivity contribution is -0.159. The summed E-state index contributed by atoms with van der Waals surface area (Å²) >= 11 is 0. The van der Waals surface area contributed by atoms with Crippen LogP contribution >= 0.6 is 0 Å². The number of methoxy groups -OCH3 is 1. The largest absolute Gasteiger partial charge is 0.493 e. The minimum absolute atomic E-state index is 0.201. The highest BCUT2D eigenvalue weighted by molar-refractivity contribution is 6.27. The fraction of sp³-hybridized carbons (Fsp3) is 0.300. The number of aliphatic carboxylic acids is 2. The molecular formula is C20H25NO8. The molecule has 0 heterocycles. The maximum absolute atomic E-state index is 9.92. The van der Waals surface area contributed by atoms with Crippen LogP contribution in [0.15, 0.2) is 54.6 Å². The van der Waals surface area contributed by atoms with Crippen LogP contribution in [0.2, 0.25) is 0 Å². The van der Waals surface area contributed by atoms with E-state index < -0.39 is 18.0 Å². The van der Waals surface area contributed by atoms with Gasteiger partial charge in [-0.05, 0) is 24.3 Å². The number of carboxylic acid groups (broad SMARTS) is 2. The standard InChI is InChI=1S/C18H23NO4.C2H2O4/c1-21-17-9-5-6-10-18(17)23-14-15(20)13-19-11-12-22-16-7-3-2-4-8-16;3-1(4)2(5)6/h2-10,15,19-20H,11-14H2,1H3;(H,3,4)(H,5,6). The summed E-state index contributed by atoms with van der Waals surface area (Å²) in [6, 6.07) is 17.0. The van der Waals surface area contributed by atoms with Gasteiger partial charge in [0.25, 0.3) is 0 Å².